The minimum atomic E-state index is 0.809. The first-order valence-corrected chi connectivity index (χ1v) is 4.81. The summed E-state index contributed by atoms with van der Waals surface area (Å²) in [5.74, 6) is 0. The van der Waals surface area contributed by atoms with Gasteiger partial charge in [-0.2, -0.15) is 0 Å². The van der Waals surface area contributed by atoms with Gasteiger partial charge in [-0.25, -0.2) is 0 Å². The van der Waals surface area contributed by atoms with Crippen LogP contribution in [0, 0.1) is 0 Å². The van der Waals surface area contributed by atoms with Gasteiger partial charge in [0.15, 0.2) is 0 Å². The van der Waals surface area contributed by atoms with Crippen molar-refractivity contribution in [2.45, 2.75) is 0 Å². The number of pyridine rings is 2. The lowest BCUT2D eigenvalue weighted by Gasteiger charge is -1.98. The second-order valence-electron chi connectivity index (χ2n) is 2.78. The lowest BCUT2D eigenvalue weighted by atomic mass is 10.2. The van der Waals surface area contributed by atoms with E-state index in [0.29, 0.717) is 0 Å². The standard InChI is InChI=1S/C10H7BrN2O/c11-8-4-10-9(13-6-8)3-7(1-2-14)5-12-10/h1-6,14H/b2-1+. The Balaban J connectivity index is 2.61. The van der Waals surface area contributed by atoms with Crippen LogP contribution in [0.2, 0.25) is 0 Å². The highest BCUT2D eigenvalue weighted by molar-refractivity contribution is 9.10. The Morgan fingerprint density at radius 1 is 1.14 bits per heavy atom. The summed E-state index contributed by atoms with van der Waals surface area (Å²) in [7, 11) is 0. The second kappa shape index (κ2) is 3.75. The van der Waals surface area contributed by atoms with Crippen molar-refractivity contribution in [3.05, 3.63) is 40.8 Å². The van der Waals surface area contributed by atoms with E-state index in [1.165, 1.54) is 0 Å². The van der Waals surface area contributed by atoms with E-state index in [-0.39, 0.29) is 0 Å². The minimum Gasteiger partial charge on any atom is -0.516 e. The fraction of sp³-hybridized carbons (Fsp3) is 0. The predicted octanol–water partition coefficient (Wildman–Crippen LogP) is 2.92. The molecule has 0 amide bonds. The number of hydrogen-bond acceptors (Lipinski definition) is 3. The van der Waals surface area contributed by atoms with E-state index < -0.39 is 0 Å². The zero-order chi connectivity index (χ0) is 9.97. The fourth-order valence-electron chi connectivity index (χ4n) is 1.17. The van der Waals surface area contributed by atoms with Crippen molar-refractivity contribution >= 4 is 33.0 Å². The van der Waals surface area contributed by atoms with Gasteiger partial charge in [0.1, 0.15) is 0 Å². The molecule has 0 aromatic carbocycles. The Morgan fingerprint density at radius 2 is 1.86 bits per heavy atom. The van der Waals surface area contributed by atoms with Crippen molar-refractivity contribution in [1.82, 2.24) is 9.97 Å². The highest BCUT2D eigenvalue weighted by Gasteiger charge is 1.97. The number of nitrogens with zero attached hydrogens (tertiary/aromatic N) is 2. The summed E-state index contributed by atoms with van der Waals surface area (Å²) in [5.41, 5.74) is 2.47. The summed E-state index contributed by atoms with van der Waals surface area (Å²) in [6, 6.07) is 3.76. The predicted molar refractivity (Wildman–Crippen MR) is 58.9 cm³/mol. The summed E-state index contributed by atoms with van der Waals surface area (Å²) in [5, 5.41) is 8.60. The Morgan fingerprint density at radius 3 is 2.64 bits per heavy atom. The van der Waals surface area contributed by atoms with Gasteiger partial charge in [-0.1, -0.05) is 0 Å². The van der Waals surface area contributed by atoms with Gasteiger partial charge < -0.3 is 5.11 Å². The van der Waals surface area contributed by atoms with Gasteiger partial charge in [0.2, 0.25) is 0 Å². The van der Waals surface area contributed by atoms with Crippen LogP contribution in [-0.4, -0.2) is 15.1 Å². The van der Waals surface area contributed by atoms with Gasteiger partial charge in [-0.3, -0.25) is 9.97 Å². The van der Waals surface area contributed by atoms with E-state index in [4.69, 9.17) is 5.11 Å². The largest absolute Gasteiger partial charge is 0.516 e. The van der Waals surface area contributed by atoms with Crippen LogP contribution in [0.25, 0.3) is 17.1 Å². The molecule has 0 aliphatic heterocycles. The SMILES string of the molecule is O/C=C/c1cnc2cc(Br)cnc2c1. The molecule has 0 saturated carbocycles. The Kier molecular flexibility index (Phi) is 2.45. The molecule has 0 unspecified atom stereocenters. The minimum absolute atomic E-state index is 0.809. The molecule has 2 aromatic heterocycles. The number of aliphatic hydroxyl groups excluding tert-OH is 1. The van der Waals surface area contributed by atoms with Crippen molar-refractivity contribution in [3.8, 4) is 0 Å². The molecule has 0 aliphatic rings. The maximum absolute atomic E-state index is 8.60. The zero-order valence-corrected chi connectivity index (χ0v) is 8.77. The monoisotopic (exact) mass is 250 g/mol. The highest BCUT2D eigenvalue weighted by Crippen LogP contribution is 2.16. The smallest absolute Gasteiger partial charge is 0.0898 e. The maximum Gasteiger partial charge on any atom is 0.0898 e. The second-order valence-corrected chi connectivity index (χ2v) is 3.69. The fourth-order valence-corrected chi connectivity index (χ4v) is 1.49. The molecule has 3 nitrogen and oxygen atoms in total. The molecule has 2 heterocycles. The molecule has 2 rings (SSSR count). The Hall–Kier alpha value is -1.42. The van der Waals surface area contributed by atoms with Gasteiger partial charge in [0.05, 0.1) is 17.3 Å². The average molecular weight is 251 g/mol. The molecule has 4 heteroatoms. The summed E-state index contributed by atoms with van der Waals surface area (Å²) in [4.78, 5) is 8.40. The van der Waals surface area contributed by atoms with Crippen LogP contribution in [-0.2, 0) is 0 Å². The Labute approximate surface area is 89.3 Å². The molecule has 0 fully saturated rings. The Bertz CT molecular complexity index is 496. The first kappa shape index (κ1) is 9.15. The summed E-state index contributed by atoms with van der Waals surface area (Å²) < 4.78 is 0.906. The van der Waals surface area contributed by atoms with E-state index in [1.54, 1.807) is 18.5 Å². The first-order valence-electron chi connectivity index (χ1n) is 4.01. The first-order chi connectivity index (χ1) is 6.79. The van der Waals surface area contributed by atoms with E-state index >= 15 is 0 Å². The quantitative estimate of drug-likeness (QED) is 0.792. The molecule has 0 spiro atoms. The molecule has 0 bridgehead atoms. The molecule has 0 aliphatic carbocycles. The van der Waals surface area contributed by atoms with Gasteiger partial charge in [0, 0.05) is 16.9 Å². The average Bonchev–Trinajstić information content (AvgIpc) is 2.19. The van der Waals surface area contributed by atoms with Crippen molar-refractivity contribution in [2.24, 2.45) is 0 Å². The van der Waals surface area contributed by atoms with Crippen LogP contribution in [0.4, 0.5) is 0 Å². The summed E-state index contributed by atoms with van der Waals surface area (Å²) >= 11 is 3.33. The third kappa shape index (κ3) is 1.75. The molecule has 0 radical (unpaired) electrons. The van der Waals surface area contributed by atoms with E-state index in [2.05, 4.69) is 25.9 Å². The van der Waals surface area contributed by atoms with E-state index in [9.17, 15) is 0 Å². The van der Waals surface area contributed by atoms with Gasteiger partial charge in [-0.15, -0.1) is 0 Å². The molecular weight excluding hydrogens is 244 g/mol. The molecule has 0 saturated heterocycles. The topological polar surface area (TPSA) is 46.0 Å². The third-order valence-corrected chi connectivity index (χ3v) is 2.22. The number of rotatable bonds is 1. The molecule has 70 valence electrons. The molecule has 2 aromatic rings. The summed E-state index contributed by atoms with van der Waals surface area (Å²) in [6.07, 6.45) is 5.96. The lowest BCUT2D eigenvalue weighted by Crippen LogP contribution is -1.84. The maximum atomic E-state index is 8.60. The molecule has 14 heavy (non-hydrogen) atoms. The van der Waals surface area contributed by atoms with Crippen LogP contribution in [0.15, 0.2) is 35.3 Å². The molecule has 1 N–H and O–H groups in total. The number of aliphatic hydroxyl groups is 1. The highest BCUT2D eigenvalue weighted by atomic mass is 79.9. The van der Waals surface area contributed by atoms with Crippen molar-refractivity contribution in [2.75, 3.05) is 0 Å². The van der Waals surface area contributed by atoms with Crippen LogP contribution in [0.1, 0.15) is 5.56 Å². The number of fused-ring (bicyclic) bond motifs is 1. The summed E-state index contributed by atoms with van der Waals surface area (Å²) in [6.45, 7) is 0. The van der Waals surface area contributed by atoms with Crippen LogP contribution in [0.5, 0.6) is 0 Å². The number of aromatic nitrogens is 2. The van der Waals surface area contributed by atoms with Crippen LogP contribution < -0.4 is 0 Å². The van der Waals surface area contributed by atoms with E-state index in [0.717, 1.165) is 27.3 Å². The van der Waals surface area contributed by atoms with Crippen LogP contribution in [0.3, 0.4) is 0 Å². The lowest BCUT2D eigenvalue weighted by molar-refractivity contribution is 0.478. The molecular formula is C10H7BrN2O. The van der Waals surface area contributed by atoms with E-state index in [1.807, 2.05) is 12.1 Å². The van der Waals surface area contributed by atoms with Gasteiger partial charge in [0.25, 0.3) is 0 Å². The number of halogens is 1. The normalized spacial score (nSPS) is 11.2. The molecule has 0 atom stereocenters. The van der Waals surface area contributed by atoms with Gasteiger partial charge >= 0.3 is 0 Å². The zero-order valence-electron chi connectivity index (χ0n) is 7.18. The van der Waals surface area contributed by atoms with Crippen molar-refractivity contribution in [3.63, 3.8) is 0 Å². The van der Waals surface area contributed by atoms with Crippen molar-refractivity contribution in [1.29, 1.82) is 0 Å². The third-order valence-electron chi connectivity index (χ3n) is 1.79. The number of hydrogen-bond donors (Lipinski definition) is 1. The van der Waals surface area contributed by atoms with Crippen molar-refractivity contribution < 1.29 is 5.11 Å². The van der Waals surface area contributed by atoms with Crippen LogP contribution >= 0.6 is 15.9 Å². The van der Waals surface area contributed by atoms with Gasteiger partial charge in [-0.05, 0) is 39.7 Å².